The molecule has 5 heteroatoms. The number of nitrogens with one attached hydrogen (secondary N) is 1. The third-order valence-electron chi connectivity index (χ3n) is 3.81. The standard InChI is InChI=1S/C20H19FN2O2.C2H4/c1-2-11-25-18-7-3-5-16(19(18)21)13-23-20(24)15-8-9-17-14(12-15)6-4-10-22-17;1-2/h3-10,12H,2,11,13H2,1H3,(H,23,24);1-2H2. The highest BCUT2D eigenvalue weighted by Gasteiger charge is 2.11. The molecule has 2 aromatic carbocycles. The Labute approximate surface area is 158 Å². The molecule has 0 saturated carbocycles. The van der Waals surface area contributed by atoms with E-state index in [1.165, 1.54) is 0 Å². The third-order valence-corrected chi connectivity index (χ3v) is 3.81. The molecule has 0 fully saturated rings. The van der Waals surface area contributed by atoms with Crippen molar-refractivity contribution in [2.75, 3.05) is 6.61 Å². The molecule has 27 heavy (non-hydrogen) atoms. The van der Waals surface area contributed by atoms with Crippen molar-refractivity contribution in [3.63, 3.8) is 0 Å². The van der Waals surface area contributed by atoms with Crippen molar-refractivity contribution >= 4 is 16.8 Å². The van der Waals surface area contributed by atoms with Gasteiger partial charge >= 0.3 is 0 Å². The second-order valence-corrected chi connectivity index (χ2v) is 5.67. The third kappa shape index (κ3) is 5.14. The van der Waals surface area contributed by atoms with E-state index in [1.807, 2.05) is 19.1 Å². The van der Waals surface area contributed by atoms with Gasteiger partial charge in [-0.05, 0) is 36.8 Å². The van der Waals surface area contributed by atoms with Crippen molar-refractivity contribution in [2.24, 2.45) is 0 Å². The van der Waals surface area contributed by atoms with E-state index in [0.29, 0.717) is 17.7 Å². The van der Waals surface area contributed by atoms with E-state index in [9.17, 15) is 9.18 Å². The minimum Gasteiger partial charge on any atom is -0.491 e. The lowest BCUT2D eigenvalue weighted by Crippen LogP contribution is -2.23. The number of halogens is 1. The van der Waals surface area contributed by atoms with E-state index in [4.69, 9.17) is 4.74 Å². The lowest BCUT2D eigenvalue weighted by molar-refractivity contribution is 0.0950. The number of nitrogens with zero attached hydrogens (tertiary/aromatic N) is 1. The SMILES string of the molecule is C=C.CCCOc1cccc(CNC(=O)c2ccc3ncccc3c2)c1F. The topological polar surface area (TPSA) is 51.2 Å². The van der Waals surface area contributed by atoms with E-state index in [-0.39, 0.29) is 18.2 Å². The van der Waals surface area contributed by atoms with Gasteiger partial charge < -0.3 is 10.1 Å². The Morgan fingerprint density at radius 1 is 1.19 bits per heavy atom. The van der Waals surface area contributed by atoms with Crippen LogP contribution in [0.2, 0.25) is 0 Å². The number of carbonyl (C=O) groups is 1. The van der Waals surface area contributed by atoms with Crippen LogP contribution in [0, 0.1) is 5.82 Å². The van der Waals surface area contributed by atoms with Gasteiger partial charge in [0.2, 0.25) is 0 Å². The average molecular weight is 366 g/mol. The highest BCUT2D eigenvalue weighted by molar-refractivity contribution is 5.97. The number of aromatic nitrogens is 1. The molecule has 0 saturated heterocycles. The van der Waals surface area contributed by atoms with Crippen LogP contribution in [-0.4, -0.2) is 17.5 Å². The van der Waals surface area contributed by atoms with E-state index in [2.05, 4.69) is 23.5 Å². The van der Waals surface area contributed by atoms with Crippen molar-refractivity contribution in [1.29, 1.82) is 0 Å². The Hall–Kier alpha value is -3.21. The van der Waals surface area contributed by atoms with Gasteiger partial charge in [-0.15, -0.1) is 13.2 Å². The van der Waals surface area contributed by atoms with Crippen molar-refractivity contribution in [3.8, 4) is 5.75 Å². The molecule has 3 rings (SSSR count). The first-order valence-electron chi connectivity index (χ1n) is 8.72. The summed E-state index contributed by atoms with van der Waals surface area (Å²) in [7, 11) is 0. The van der Waals surface area contributed by atoms with Crippen molar-refractivity contribution in [1.82, 2.24) is 10.3 Å². The fraction of sp³-hybridized carbons (Fsp3) is 0.182. The van der Waals surface area contributed by atoms with Crippen LogP contribution in [0.5, 0.6) is 5.75 Å². The van der Waals surface area contributed by atoms with Crippen molar-refractivity contribution in [2.45, 2.75) is 19.9 Å². The zero-order chi connectivity index (χ0) is 19.6. The number of amides is 1. The first kappa shape index (κ1) is 20.1. The molecule has 4 nitrogen and oxygen atoms in total. The molecule has 0 aliphatic carbocycles. The summed E-state index contributed by atoms with van der Waals surface area (Å²) in [5.41, 5.74) is 1.73. The molecule has 1 aromatic heterocycles. The molecule has 0 aliphatic heterocycles. The summed E-state index contributed by atoms with van der Waals surface area (Å²) in [6.45, 7) is 8.51. The average Bonchev–Trinajstić information content (AvgIpc) is 2.73. The molecule has 3 aromatic rings. The Morgan fingerprint density at radius 2 is 2.00 bits per heavy atom. The van der Waals surface area contributed by atoms with Crippen LogP contribution in [0.15, 0.2) is 67.9 Å². The molecule has 140 valence electrons. The van der Waals surface area contributed by atoms with Crippen LogP contribution >= 0.6 is 0 Å². The molecule has 1 N–H and O–H groups in total. The maximum Gasteiger partial charge on any atom is 0.251 e. The minimum atomic E-state index is -0.432. The number of hydrogen-bond acceptors (Lipinski definition) is 3. The van der Waals surface area contributed by atoms with E-state index in [1.54, 1.807) is 42.6 Å². The Bertz CT molecular complexity index is 912. The zero-order valence-electron chi connectivity index (χ0n) is 15.4. The normalized spacial score (nSPS) is 10.0. The number of hydrogen-bond donors (Lipinski definition) is 1. The predicted molar refractivity (Wildman–Crippen MR) is 106 cm³/mol. The number of pyridine rings is 1. The molecular formula is C22H23FN2O2. The van der Waals surface area contributed by atoms with E-state index < -0.39 is 5.82 Å². The van der Waals surface area contributed by atoms with Gasteiger partial charge in [-0.3, -0.25) is 9.78 Å². The fourth-order valence-electron chi connectivity index (χ4n) is 2.51. The largest absolute Gasteiger partial charge is 0.491 e. The number of carbonyl (C=O) groups excluding carboxylic acids is 1. The smallest absolute Gasteiger partial charge is 0.251 e. The van der Waals surface area contributed by atoms with Crippen molar-refractivity contribution in [3.05, 3.63) is 84.8 Å². The Kier molecular flexibility index (Phi) is 7.49. The summed E-state index contributed by atoms with van der Waals surface area (Å²) in [5.74, 6) is -0.477. The zero-order valence-corrected chi connectivity index (χ0v) is 15.4. The lowest BCUT2D eigenvalue weighted by Gasteiger charge is -2.11. The van der Waals surface area contributed by atoms with Crippen LogP contribution in [0.3, 0.4) is 0 Å². The number of fused-ring (bicyclic) bond motifs is 1. The van der Waals surface area contributed by atoms with Gasteiger partial charge in [0.15, 0.2) is 11.6 Å². The molecule has 1 amide bonds. The molecule has 1 heterocycles. The monoisotopic (exact) mass is 366 g/mol. The second-order valence-electron chi connectivity index (χ2n) is 5.67. The second kappa shape index (κ2) is 10.1. The van der Waals surface area contributed by atoms with Crippen LogP contribution in [-0.2, 0) is 6.54 Å². The van der Waals surface area contributed by atoms with Crippen LogP contribution in [0.25, 0.3) is 10.9 Å². The summed E-state index contributed by atoms with van der Waals surface area (Å²) in [6.07, 6.45) is 2.51. The van der Waals surface area contributed by atoms with E-state index in [0.717, 1.165) is 17.3 Å². The fourth-order valence-corrected chi connectivity index (χ4v) is 2.51. The molecule has 0 spiro atoms. The first-order chi connectivity index (χ1) is 13.2. The molecular weight excluding hydrogens is 343 g/mol. The summed E-state index contributed by atoms with van der Waals surface area (Å²) in [4.78, 5) is 16.6. The minimum absolute atomic E-state index is 0.0963. The van der Waals surface area contributed by atoms with Gasteiger partial charge in [0.05, 0.1) is 12.1 Å². The predicted octanol–water partition coefficient (Wildman–Crippen LogP) is 4.89. The maximum absolute atomic E-state index is 14.4. The van der Waals surface area contributed by atoms with Crippen LogP contribution in [0.1, 0.15) is 29.3 Å². The Morgan fingerprint density at radius 3 is 2.78 bits per heavy atom. The molecule has 0 unspecified atom stereocenters. The van der Waals surface area contributed by atoms with Crippen LogP contribution in [0.4, 0.5) is 4.39 Å². The van der Waals surface area contributed by atoms with Crippen LogP contribution < -0.4 is 10.1 Å². The highest BCUT2D eigenvalue weighted by atomic mass is 19.1. The van der Waals surface area contributed by atoms with Crippen molar-refractivity contribution < 1.29 is 13.9 Å². The summed E-state index contributed by atoms with van der Waals surface area (Å²) >= 11 is 0. The summed E-state index contributed by atoms with van der Waals surface area (Å²) < 4.78 is 19.7. The molecule has 0 aliphatic rings. The van der Waals surface area contributed by atoms with Gasteiger partial charge in [-0.1, -0.05) is 25.1 Å². The number of benzene rings is 2. The number of rotatable bonds is 6. The van der Waals surface area contributed by atoms with Gasteiger partial charge in [0, 0.05) is 29.3 Å². The molecule has 0 atom stereocenters. The number of ether oxygens (including phenoxy) is 1. The van der Waals surface area contributed by atoms with Gasteiger partial charge in [-0.2, -0.15) is 0 Å². The first-order valence-corrected chi connectivity index (χ1v) is 8.72. The van der Waals surface area contributed by atoms with Gasteiger partial charge in [0.1, 0.15) is 0 Å². The summed E-state index contributed by atoms with van der Waals surface area (Å²) in [6, 6.07) is 13.9. The maximum atomic E-state index is 14.4. The lowest BCUT2D eigenvalue weighted by atomic mass is 10.1. The summed E-state index contributed by atoms with van der Waals surface area (Å²) in [5, 5.41) is 3.63. The molecule has 0 bridgehead atoms. The van der Waals surface area contributed by atoms with Gasteiger partial charge in [-0.25, -0.2) is 4.39 Å². The highest BCUT2D eigenvalue weighted by Crippen LogP contribution is 2.21. The van der Waals surface area contributed by atoms with Gasteiger partial charge in [0.25, 0.3) is 5.91 Å². The molecule has 0 radical (unpaired) electrons. The Balaban J connectivity index is 0.00000126. The van der Waals surface area contributed by atoms with E-state index >= 15 is 0 Å². The quantitative estimate of drug-likeness (QED) is 0.632.